The molecule has 1 heterocycles. The Hall–Kier alpha value is -1.92. The lowest BCUT2D eigenvalue weighted by atomic mass is 10.1. The summed E-state index contributed by atoms with van der Waals surface area (Å²) in [4.78, 5) is 17.7. The number of carbonyl (C=O) groups excluding carboxylic acids is 1. The van der Waals surface area contributed by atoms with Gasteiger partial charge in [-0.2, -0.15) is 0 Å². The zero-order valence-corrected chi connectivity index (χ0v) is 13.8. The number of anilines is 1. The normalized spacial score (nSPS) is 10.5. The summed E-state index contributed by atoms with van der Waals surface area (Å²) in [6, 6.07) is 5.34. The predicted octanol–water partition coefficient (Wildman–Crippen LogP) is 2.95. The number of carbonyl (C=O) groups is 1. The highest BCUT2D eigenvalue weighted by Crippen LogP contribution is 2.25. The van der Waals surface area contributed by atoms with Crippen LogP contribution in [-0.2, 0) is 6.42 Å². The molecule has 0 unspecified atom stereocenters. The van der Waals surface area contributed by atoms with Crippen molar-refractivity contribution in [1.29, 1.82) is 0 Å². The third kappa shape index (κ3) is 3.84. The number of benzene rings is 1. The maximum absolute atomic E-state index is 12.3. The molecular weight excluding hydrogens is 300 g/mol. The van der Waals surface area contributed by atoms with E-state index in [0.29, 0.717) is 22.9 Å². The third-order valence-electron chi connectivity index (χ3n) is 3.35. The van der Waals surface area contributed by atoms with Crippen LogP contribution in [0.15, 0.2) is 18.2 Å². The lowest BCUT2D eigenvalue weighted by molar-refractivity contribution is 0.102. The second-order valence-corrected chi connectivity index (χ2v) is 6.08. The molecule has 2 rings (SSSR count). The van der Waals surface area contributed by atoms with Gasteiger partial charge >= 0.3 is 0 Å². The van der Waals surface area contributed by atoms with E-state index in [9.17, 15) is 4.79 Å². The van der Waals surface area contributed by atoms with Crippen LogP contribution in [0.25, 0.3) is 0 Å². The highest BCUT2D eigenvalue weighted by atomic mass is 32.1. The molecule has 0 bridgehead atoms. The van der Waals surface area contributed by atoms with Crippen molar-refractivity contribution in [2.75, 3.05) is 19.0 Å². The fraction of sp³-hybridized carbons (Fsp3) is 0.375. The Bertz CT molecular complexity index is 667. The van der Waals surface area contributed by atoms with E-state index in [0.717, 1.165) is 22.6 Å². The molecule has 6 heteroatoms. The number of amides is 1. The minimum absolute atomic E-state index is 0.155. The zero-order chi connectivity index (χ0) is 16.1. The van der Waals surface area contributed by atoms with Crippen LogP contribution in [0.2, 0.25) is 0 Å². The Labute approximate surface area is 134 Å². The van der Waals surface area contributed by atoms with Crippen LogP contribution in [0.3, 0.4) is 0 Å². The Balaban J connectivity index is 2.11. The minimum atomic E-state index is -0.208. The molecule has 2 N–H and O–H groups in total. The Morgan fingerprint density at radius 1 is 1.41 bits per heavy atom. The molecule has 118 valence electrons. The van der Waals surface area contributed by atoms with Crippen molar-refractivity contribution in [2.24, 2.45) is 0 Å². The topological polar surface area (TPSA) is 71.5 Å². The molecule has 0 saturated heterocycles. The second-order valence-electron chi connectivity index (χ2n) is 4.99. The van der Waals surface area contributed by atoms with E-state index < -0.39 is 0 Å². The van der Waals surface area contributed by atoms with Gasteiger partial charge in [0, 0.05) is 17.0 Å². The van der Waals surface area contributed by atoms with Gasteiger partial charge in [0.1, 0.15) is 5.75 Å². The molecule has 2 aromatic rings. The first-order valence-corrected chi connectivity index (χ1v) is 7.90. The van der Waals surface area contributed by atoms with E-state index >= 15 is 0 Å². The fourth-order valence-electron chi connectivity index (χ4n) is 2.08. The first-order chi connectivity index (χ1) is 10.5. The molecule has 5 nitrogen and oxygen atoms in total. The average Bonchev–Trinajstić information content (AvgIpc) is 2.85. The summed E-state index contributed by atoms with van der Waals surface area (Å²) >= 11 is 1.45. The number of ether oxygens (including phenoxy) is 1. The number of aliphatic hydroxyl groups excluding tert-OH is 1. The smallest absolute Gasteiger partial charge is 0.257 e. The molecule has 0 radical (unpaired) electrons. The van der Waals surface area contributed by atoms with Crippen molar-refractivity contribution < 1.29 is 14.6 Å². The maximum Gasteiger partial charge on any atom is 0.257 e. The van der Waals surface area contributed by atoms with E-state index in [1.165, 1.54) is 11.3 Å². The van der Waals surface area contributed by atoms with Gasteiger partial charge in [-0.15, -0.1) is 11.3 Å². The molecule has 0 aliphatic carbocycles. The number of methoxy groups -OCH3 is 1. The van der Waals surface area contributed by atoms with Crippen molar-refractivity contribution in [3.8, 4) is 5.75 Å². The first-order valence-electron chi connectivity index (χ1n) is 7.08. The number of hydrogen-bond acceptors (Lipinski definition) is 5. The molecule has 0 spiro atoms. The quantitative estimate of drug-likeness (QED) is 0.858. The monoisotopic (exact) mass is 320 g/mol. The Kier molecular flexibility index (Phi) is 5.51. The summed E-state index contributed by atoms with van der Waals surface area (Å²) in [6.45, 7) is 3.99. The van der Waals surface area contributed by atoms with Gasteiger partial charge in [-0.3, -0.25) is 10.1 Å². The number of hydrogen-bond donors (Lipinski definition) is 2. The summed E-state index contributed by atoms with van der Waals surface area (Å²) in [7, 11) is 1.58. The fourth-order valence-corrected chi connectivity index (χ4v) is 3.08. The molecule has 1 amide bonds. The molecule has 22 heavy (non-hydrogen) atoms. The van der Waals surface area contributed by atoms with Crippen LogP contribution in [0.4, 0.5) is 5.13 Å². The summed E-state index contributed by atoms with van der Waals surface area (Å²) < 4.78 is 5.24. The summed E-state index contributed by atoms with van der Waals surface area (Å²) in [5.74, 6) is 0.479. The molecule has 0 atom stereocenters. The highest BCUT2D eigenvalue weighted by Gasteiger charge is 2.13. The number of aromatic nitrogens is 1. The third-order valence-corrected chi connectivity index (χ3v) is 4.48. The van der Waals surface area contributed by atoms with E-state index in [2.05, 4.69) is 10.3 Å². The summed E-state index contributed by atoms with van der Waals surface area (Å²) in [6.07, 6.45) is 1.47. The molecular formula is C16H20N2O3S. The number of aliphatic hydroxyl groups is 1. The minimum Gasteiger partial charge on any atom is -0.496 e. The van der Waals surface area contributed by atoms with E-state index in [1.807, 2.05) is 19.9 Å². The molecule has 0 saturated carbocycles. The van der Waals surface area contributed by atoms with Crippen molar-refractivity contribution >= 4 is 22.4 Å². The van der Waals surface area contributed by atoms with E-state index in [4.69, 9.17) is 9.84 Å². The predicted molar refractivity (Wildman–Crippen MR) is 87.9 cm³/mol. The highest BCUT2D eigenvalue weighted by molar-refractivity contribution is 7.15. The van der Waals surface area contributed by atoms with Crippen LogP contribution in [-0.4, -0.2) is 29.7 Å². The molecule has 1 aromatic heterocycles. The number of rotatable bonds is 6. The van der Waals surface area contributed by atoms with Crippen molar-refractivity contribution in [3.05, 3.63) is 39.9 Å². The standard InChI is InChI=1S/C16H20N2O3S/c1-10-6-7-12(9-13(10)21-3)15(20)18-16-17-11(2)14(22-16)5-4-8-19/h6-7,9,19H,4-5,8H2,1-3H3,(H,17,18,20). The lowest BCUT2D eigenvalue weighted by Gasteiger charge is -2.07. The van der Waals surface area contributed by atoms with Gasteiger partial charge in [-0.05, 0) is 44.4 Å². The number of aryl methyl sites for hydroxylation is 3. The SMILES string of the molecule is COc1cc(C(=O)Nc2nc(C)c(CCCO)s2)ccc1C. The maximum atomic E-state index is 12.3. The molecule has 0 fully saturated rings. The molecule has 1 aromatic carbocycles. The Morgan fingerprint density at radius 2 is 2.18 bits per heavy atom. The van der Waals surface area contributed by atoms with Crippen LogP contribution in [0.1, 0.15) is 32.9 Å². The Morgan fingerprint density at radius 3 is 2.86 bits per heavy atom. The molecule has 0 aliphatic rings. The van der Waals surface area contributed by atoms with Gasteiger partial charge in [-0.25, -0.2) is 4.98 Å². The lowest BCUT2D eigenvalue weighted by Crippen LogP contribution is -2.12. The van der Waals surface area contributed by atoms with Gasteiger partial charge in [0.25, 0.3) is 5.91 Å². The zero-order valence-electron chi connectivity index (χ0n) is 13.0. The van der Waals surface area contributed by atoms with Crippen LogP contribution in [0.5, 0.6) is 5.75 Å². The second kappa shape index (κ2) is 7.38. The van der Waals surface area contributed by atoms with Gasteiger partial charge in [0.05, 0.1) is 12.8 Å². The van der Waals surface area contributed by atoms with Gasteiger partial charge in [0.15, 0.2) is 5.13 Å². The summed E-state index contributed by atoms with van der Waals surface area (Å²) in [5.41, 5.74) is 2.41. The van der Waals surface area contributed by atoms with Crippen molar-refractivity contribution in [1.82, 2.24) is 4.98 Å². The van der Waals surface area contributed by atoms with E-state index in [1.54, 1.807) is 19.2 Å². The van der Waals surface area contributed by atoms with Crippen molar-refractivity contribution in [3.63, 3.8) is 0 Å². The van der Waals surface area contributed by atoms with Crippen molar-refractivity contribution in [2.45, 2.75) is 26.7 Å². The number of thiazole rings is 1. The van der Waals surface area contributed by atoms with E-state index in [-0.39, 0.29) is 12.5 Å². The van der Waals surface area contributed by atoms with Gasteiger partial charge in [-0.1, -0.05) is 6.07 Å². The number of nitrogens with one attached hydrogen (secondary N) is 1. The molecule has 0 aliphatic heterocycles. The summed E-state index contributed by atoms with van der Waals surface area (Å²) in [5, 5.41) is 12.3. The van der Waals surface area contributed by atoms with Crippen LogP contribution in [0, 0.1) is 13.8 Å². The largest absolute Gasteiger partial charge is 0.496 e. The average molecular weight is 320 g/mol. The number of nitrogens with zero attached hydrogens (tertiary/aromatic N) is 1. The van der Waals surface area contributed by atoms with Gasteiger partial charge < -0.3 is 9.84 Å². The first kappa shape index (κ1) is 16.5. The van der Waals surface area contributed by atoms with Crippen LogP contribution >= 0.6 is 11.3 Å². The van der Waals surface area contributed by atoms with Gasteiger partial charge in [0.2, 0.25) is 0 Å². The van der Waals surface area contributed by atoms with Crippen LogP contribution < -0.4 is 10.1 Å².